The molecule has 0 radical (unpaired) electrons. The van der Waals surface area contributed by atoms with Gasteiger partial charge in [-0.3, -0.25) is 14.7 Å². The molecule has 0 aliphatic carbocycles. The van der Waals surface area contributed by atoms with Crippen molar-refractivity contribution in [3.8, 4) is 23.0 Å². The Bertz CT molecular complexity index is 978. The lowest BCUT2D eigenvalue weighted by molar-refractivity contribution is 0.0342. The number of aryl methyl sites for hydroxylation is 1. The topological polar surface area (TPSA) is 107 Å². The molecule has 0 bridgehead atoms. The van der Waals surface area contributed by atoms with E-state index in [1.54, 1.807) is 13.0 Å². The van der Waals surface area contributed by atoms with E-state index in [4.69, 9.17) is 15.0 Å². The van der Waals surface area contributed by atoms with Crippen molar-refractivity contribution in [3.05, 3.63) is 53.2 Å². The fraction of sp³-hybridized carbons (Fsp3) is 0.300. The predicted octanol–water partition coefficient (Wildman–Crippen LogP) is 2.04. The molecule has 8 nitrogen and oxygen atoms in total. The van der Waals surface area contributed by atoms with Gasteiger partial charge in [0.2, 0.25) is 5.82 Å². The Labute approximate surface area is 162 Å². The maximum Gasteiger partial charge on any atom is 0.276 e. The van der Waals surface area contributed by atoms with Gasteiger partial charge in [-0.15, -0.1) is 0 Å². The van der Waals surface area contributed by atoms with Crippen LogP contribution in [-0.2, 0) is 11.3 Å². The van der Waals surface area contributed by atoms with Crippen LogP contribution in [0, 0.1) is 6.92 Å². The fourth-order valence-electron chi connectivity index (χ4n) is 3.15. The van der Waals surface area contributed by atoms with Crippen LogP contribution in [0.3, 0.4) is 0 Å². The molecule has 3 heterocycles. The summed E-state index contributed by atoms with van der Waals surface area (Å²) in [4.78, 5) is 22.3. The van der Waals surface area contributed by atoms with Crippen LogP contribution in [0.2, 0.25) is 0 Å². The van der Waals surface area contributed by atoms with E-state index in [0.717, 1.165) is 38.4 Å². The zero-order chi connectivity index (χ0) is 19.5. The molecule has 0 spiro atoms. The van der Waals surface area contributed by atoms with Gasteiger partial charge in [0.1, 0.15) is 5.69 Å². The highest BCUT2D eigenvalue weighted by Gasteiger charge is 2.15. The lowest BCUT2D eigenvalue weighted by Crippen LogP contribution is -2.35. The highest BCUT2D eigenvalue weighted by molar-refractivity contribution is 5.94. The highest BCUT2D eigenvalue weighted by atomic mass is 16.5. The number of benzene rings is 1. The molecule has 1 aliphatic heterocycles. The molecule has 3 aromatic rings. The van der Waals surface area contributed by atoms with Crippen LogP contribution < -0.4 is 5.73 Å². The number of amides is 1. The first-order valence-electron chi connectivity index (χ1n) is 9.10. The molecule has 0 unspecified atom stereocenters. The first kappa shape index (κ1) is 18.3. The second-order valence-electron chi connectivity index (χ2n) is 6.76. The Morgan fingerprint density at radius 2 is 1.96 bits per heavy atom. The summed E-state index contributed by atoms with van der Waals surface area (Å²) in [5, 5.41) is 4.05. The molecule has 0 saturated carbocycles. The van der Waals surface area contributed by atoms with Crippen molar-refractivity contribution in [2.75, 3.05) is 26.3 Å². The van der Waals surface area contributed by atoms with Gasteiger partial charge in [0.15, 0.2) is 0 Å². The molecule has 8 heteroatoms. The number of nitrogens with two attached hydrogens (primary N) is 1. The van der Waals surface area contributed by atoms with Gasteiger partial charge in [0, 0.05) is 31.4 Å². The molecule has 0 atom stereocenters. The number of pyridine rings is 1. The van der Waals surface area contributed by atoms with Gasteiger partial charge in [0.25, 0.3) is 11.8 Å². The minimum Gasteiger partial charge on any atom is -0.379 e. The summed E-state index contributed by atoms with van der Waals surface area (Å²) in [5.41, 5.74) is 9.00. The van der Waals surface area contributed by atoms with Crippen molar-refractivity contribution in [2.45, 2.75) is 13.5 Å². The standard InChI is InChI=1S/C20H21N5O3/c1-13-10-17(22-11-16(13)18(21)26)20-23-19(24-28-20)15-4-2-14(3-5-15)12-25-6-8-27-9-7-25/h2-5,10-11H,6-9,12H2,1H3,(H2,21,26). The monoisotopic (exact) mass is 379 g/mol. The maximum atomic E-state index is 11.3. The molecular weight excluding hydrogens is 358 g/mol. The summed E-state index contributed by atoms with van der Waals surface area (Å²) < 4.78 is 10.7. The number of aromatic nitrogens is 3. The van der Waals surface area contributed by atoms with E-state index in [1.807, 2.05) is 12.1 Å². The molecule has 1 fully saturated rings. The largest absolute Gasteiger partial charge is 0.379 e. The molecular formula is C20H21N5O3. The van der Waals surface area contributed by atoms with Crippen LogP contribution in [0.5, 0.6) is 0 Å². The lowest BCUT2D eigenvalue weighted by Gasteiger charge is -2.26. The third kappa shape index (κ3) is 3.92. The van der Waals surface area contributed by atoms with E-state index in [0.29, 0.717) is 28.5 Å². The number of ether oxygens (including phenoxy) is 1. The number of morpholine rings is 1. The van der Waals surface area contributed by atoms with Crippen LogP contribution in [-0.4, -0.2) is 52.2 Å². The van der Waals surface area contributed by atoms with Crippen LogP contribution in [0.1, 0.15) is 21.5 Å². The van der Waals surface area contributed by atoms with Gasteiger partial charge >= 0.3 is 0 Å². The number of primary amides is 1. The quantitative estimate of drug-likeness (QED) is 0.723. The molecule has 28 heavy (non-hydrogen) atoms. The van der Waals surface area contributed by atoms with Gasteiger partial charge in [0.05, 0.1) is 18.8 Å². The first-order chi connectivity index (χ1) is 13.6. The Balaban J connectivity index is 1.49. The average molecular weight is 379 g/mol. The number of hydrogen-bond acceptors (Lipinski definition) is 7. The highest BCUT2D eigenvalue weighted by Crippen LogP contribution is 2.23. The summed E-state index contributed by atoms with van der Waals surface area (Å²) in [5.74, 6) is 0.276. The fourth-order valence-corrected chi connectivity index (χ4v) is 3.15. The molecule has 4 rings (SSSR count). The van der Waals surface area contributed by atoms with Crippen LogP contribution in [0.25, 0.3) is 23.0 Å². The second-order valence-corrected chi connectivity index (χ2v) is 6.76. The summed E-state index contributed by atoms with van der Waals surface area (Å²) >= 11 is 0. The molecule has 144 valence electrons. The zero-order valence-corrected chi connectivity index (χ0v) is 15.6. The second kappa shape index (κ2) is 7.87. The minimum absolute atomic E-state index is 0.298. The van der Waals surface area contributed by atoms with Crippen molar-refractivity contribution in [3.63, 3.8) is 0 Å². The number of rotatable bonds is 5. The number of hydrogen-bond donors (Lipinski definition) is 1. The van der Waals surface area contributed by atoms with Gasteiger partial charge in [-0.2, -0.15) is 4.98 Å². The zero-order valence-electron chi connectivity index (χ0n) is 15.6. The molecule has 1 amide bonds. The van der Waals surface area contributed by atoms with E-state index < -0.39 is 5.91 Å². The van der Waals surface area contributed by atoms with E-state index in [-0.39, 0.29) is 0 Å². The van der Waals surface area contributed by atoms with E-state index in [9.17, 15) is 4.79 Å². The van der Waals surface area contributed by atoms with E-state index in [1.165, 1.54) is 11.8 Å². The van der Waals surface area contributed by atoms with Crippen molar-refractivity contribution < 1.29 is 14.1 Å². The van der Waals surface area contributed by atoms with Crippen LogP contribution in [0.4, 0.5) is 0 Å². The normalized spacial score (nSPS) is 14.9. The molecule has 1 aliphatic rings. The Morgan fingerprint density at radius 3 is 2.64 bits per heavy atom. The Kier molecular flexibility index (Phi) is 5.14. The third-order valence-electron chi connectivity index (χ3n) is 4.74. The maximum absolute atomic E-state index is 11.3. The van der Waals surface area contributed by atoms with Gasteiger partial charge in [-0.25, -0.2) is 0 Å². The Morgan fingerprint density at radius 1 is 1.21 bits per heavy atom. The van der Waals surface area contributed by atoms with Crippen LogP contribution >= 0.6 is 0 Å². The molecule has 1 saturated heterocycles. The summed E-state index contributed by atoms with van der Waals surface area (Å²) in [6, 6.07) is 9.83. The summed E-state index contributed by atoms with van der Waals surface area (Å²) in [7, 11) is 0. The number of nitrogens with zero attached hydrogens (tertiary/aromatic N) is 4. The van der Waals surface area contributed by atoms with Gasteiger partial charge in [-0.05, 0) is 24.1 Å². The van der Waals surface area contributed by atoms with Gasteiger partial charge < -0.3 is 15.0 Å². The van der Waals surface area contributed by atoms with Crippen molar-refractivity contribution in [2.24, 2.45) is 5.73 Å². The molecule has 1 aromatic carbocycles. The van der Waals surface area contributed by atoms with E-state index >= 15 is 0 Å². The predicted molar refractivity (Wildman–Crippen MR) is 102 cm³/mol. The average Bonchev–Trinajstić information content (AvgIpc) is 3.19. The first-order valence-corrected chi connectivity index (χ1v) is 9.10. The van der Waals surface area contributed by atoms with Crippen molar-refractivity contribution >= 4 is 5.91 Å². The van der Waals surface area contributed by atoms with Gasteiger partial charge in [-0.1, -0.05) is 29.4 Å². The summed E-state index contributed by atoms with van der Waals surface area (Å²) in [6.07, 6.45) is 1.43. The number of carbonyl (C=O) groups is 1. The lowest BCUT2D eigenvalue weighted by atomic mass is 10.1. The number of carbonyl (C=O) groups excluding carboxylic acids is 1. The molecule has 2 aromatic heterocycles. The Hall–Kier alpha value is -3.10. The SMILES string of the molecule is Cc1cc(-c2nc(-c3ccc(CN4CCOCC4)cc3)no2)ncc1C(N)=O. The van der Waals surface area contributed by atoms with Crippen molar-refractivity contribution in [1.82, 2.24) is 20.0 Å². The van der Waals surface area contributed by atoms with E-state index in [2.05, 4.69) is 32.2 Å². The smallest absolute Gasteiger partial charge is 0.276 e. The van der Waals surface area contributed by atoms with Crippen LogP contribution in [0.15, 0.2) is 41.1 Å². The summed E-state index contributed by atoms with van der Waals surface area (Å²) in [6.45, 7) is 6.18. The third-order valence-corrected chi connectivity index (χ3v) is 4.74. The minimum atomic E-state index is -0.514. The van der Waals surface area contributed by atoms with Crippen molar-refractivity contribution in [1.29, 1.82) is 0 Å². The molecule has 2 N–H and O–H groups in total.